The van der Waals surface area contributed by atoms with Crippen LogP contribution in [-0.2, 0) is 13.2 Å². The van der Waals surface area contributed by atoms with Gasteiger partial charge in [-0.05, 0) is 180 Å². The smallest absolute Gasteiger partial charge is 0.119 e. The maximum atomic E-state index is 6.23. The summed E-state index contributed by atoms with van der Waals surface area (Å²) in [6.45, 7) is 5.65. The number of hydrogen-bond acceptors (Lipinski definition) is 6. The van der Waals surface area contributed by atoms with Crippen molar-refractivity contribution < 1.29 is 9.47 Å². The molecule has 6 nitrogen and oxygen atoms in total. The molecule has 8 aromatic rings. The molecule has 0 amide bonds. The zero-order chi connectivity index (χ0) is 47.5. The summed E-state index contributed by atoms with van der Waals surface area (Å²) < 4.78 is 12.5. The Morgan fingerprint density at radius 2 is 0.771 bits per heavy atom. The molecule has 2 aliphatic carbocycles. The van der Waals surface area contributed by atoms with Crippen molar-refractivity contribution in [1.82, 2.24) is 0 Å². The molecule has 0 saturated heterocycles. The molecule has 10 rings (SSSR count). The number of fused-ring (bicyclic) bond motifs is 2. The highest BCUT2D eigenvalue weighted by molar-refractivity contribution is 6.12. The van der Waals surface area contributed by atoms with E-state index >= 15 is 0 Å². The van der Waals surface area contributed by atoms with Crippen LogP contribution in [0.1, 0.15) is 125 Å². The van der Waals surface area contributed by atoms with Gasteiger partial charge in [-0.1, -0.05) is 149 Å². The molecule has 0 aromatic heterocycles. The largest absolute Gasteiger partial charge is 0.489 e. The Bertz CT molecular complexity index is 2810. The summed E-state index contributed by atoms with van der Waals surface area (Å²) >= 11 is 0. The quantitative estimate of drug-likeness (QED) is 0.0854. The number of hydrogen-bond donors (Lipinski definition) is 0. The molecule has 0 spiro atoms. The number of azo groups is 2. The van der Waals surface area contributed by atoms with Gasteiger partial charge in [-0.3, -0.25) is 0 Å². The molecular formula is C64H66N4O2. The van der Waals surface area contributed by atoms with Gasteiger partial charge in [0, 0.05) is 11.1 Å². The Morgan fingerprint density at radius 1 is 0.386 bits per heavy atom. The maximum Gasteiger partial charge on any atom is 0.119 e. The fourth-order valence-electron chi connectivity index (χ4n) is 11.1. The molecule has 0 bridgehead atoms. The summed E-state index contributed by atoms with van der Waals surface area (Å²) in [5.41, 5.74) is 10.2. The summed E-state index contributed by atoms with van der Waals surface area (Å²) in [5, 5.41) is 23.8. The second-order valence-electron chi connectivity index (χ2n) is 19.8. The SMILES string of the molecule is CCCC1CCC(c2ccc(COc3ccc(N=Nc4ccc5ccccc5c4-c4c(N=Nc5ccc(OCc6ccc(C7CCC(CCC)CC7)cc6)cc5)ccc5ccccc45)cc3)cc2)CC1. The van der Waals surface area contributed by atoms with E-state index in [1.165, 1.54) is 99.3 Å². The van der Waals surface area contributed by atoms with Crippen molar-refractivity contribution in [3.8, 4) is 22.6 Å². The minimum Gasteiger partial charge on any atom is -0.489 e. The molecule has 0 heterocycles. The van der Waals surface area contributed by atoms with E-state index in [1.54, 1.807) is 0 Å². The van der Waals surface area contributed by atoms with Gasteiger partial charge < -0.3 is 9.47 Å². The minimum absolute atomic E-state index is 0.518. The van der Waals surface area contributed by atoms with Crippen molar-refractivity contribution in [2.75, 3.05) is 0 Å². The first kappa shape index (κ1) is 46.8. The van der Waals surface area contributed by atoms with Crippen molar-refractivity contribution in [3.63, 3.8) is 0 Å². The summed E-state index contributed by atoms with van der Waals surface area (Å²) in [7, 11) is 0. The Hall–Kier alpha value is -6.92. The fraction of sp³-hybridized carbons (Fsp3) is 0.312. The Kier molecular flexibility index (Phi) is 15.2. The normalized spacial score (nSPS) is 18.5. The predicted octanol–water partition coefficient (Wildman–Crippen LogP) is 19.8. The maximum absolute atomic E-state index is 6.23. The Balaban J connectivity index is 0.826. The summed E-state index contributed by atoms with van der Waals surface area (Å²) in [4.78, 5) is 0. The lowest BCUT2D eigenvalue weighted by Gasteiger charge is -2.28. The Morgan fingerprint density at radius 3 is 1.16 bits per heavy atom. The molecule has 2 fully saturated rings. The third-order valence-corrected chi connectivity index (χ3v) is 15.1. The van der Waals surface area contributed by atoms with Crippen LogP contribution in [0, 0.1) is 11.8 Å². The van der Waals surface area contributed by atoms with E-state index in [0.29, 0.717) is 25.0 Å². The Labute approximate surface area is 414 Å². The molecule has 70 heavy (non-hydrogen) atoms. The van der Waals surface area contributed by atoms with Crippen molar-refractivity contribution in [3.05, 3.63) is 192 Å². The van der Waals surface area contributed by atoms with Crippen molar-refractivity contribution in [2.24, 2.45) is 32.3 Å². The third kappa shape index (κ3) is 11.4. The molecule has 8 aromatic carbocycles. The van der Waals surface area contributed by atoms with E-state index in [4.69, 9.17) is 29.9 Å². The standard InChI is InChI=1S/C64H66N4O2/c1-3-9-45-15-23-49(24-16-45)51-27-19-47(20-28-51)43-69-57-37-33-55(34-38-57)65-67-61-41-31-53-11-5-7-13-59(53)63(61)64-60-14-8-6-12-54(60)32-42-62(64)68-66-56-35-39-58(40-36-56)70-44-48-21-29-52(30-22-48)50-25-17-46(10-4-2)18-26-50/h5-8,11-14,19-22,27-42,45-46,49-50H,3-4,9-10,15-18,23-26,43-44H2,1-2H3. The molecule has 0 radical (unpaired) electrons. The van der Waals surface area contributed by atoms with Crippen LogP contribution in [0.25, 0.3) is 32.7 Å². The van der Waals surface area contributed by atoms with E-state index in [9.17, 15) is 0 Å². The number of benzene rings is 8. The van der Waals surface area contributed by atoms with E-state index in [-0.39, 0.29) is 0 Å². The predicted molar refractivity (Wildman–Crippen MR) is 289 cm³/mol. The number of rotatable bonds is 17. The average molecular weight is 923 g/mol. The molecule has 0 N–H and O–H groups in total. The van der Waals surface area contributed by atoms with Crippen molar-refractivity contribution in [1.29, 1.82) is 0 Å². The van der Waals surface area contributed by atoms with Gasteiger partial charge in [0.2, 0.25) is 0 Å². The first-order chi connectivity index (χ1) is 34.6. The summed E-state index contributed by atoms with van der Waals surface area (Å²) in [6.07, 6.45) is 16.1. The van der Waals surface area contributed by atoms with E-state index in [0.717, 1.165) is 78.8 Å². The molecule has 6 heteroatoms. The lowest BCUT2D eigenvalue weighted by atomic mass is 9.77. The second kappa shape index (κ2) is 22.7. The highest BCUT2D eigenvalue weighted by atomic mass is 16.5. The minimum atomic E-state index is 0.518. The van der Waals surface area contributed by atoms with Crippen molar-refractivity contribution in [2.45, 2.75) is 116 Å². The van der Waals surface area contributed by atoms with Gasteiger partial charge in [-0.25, -0.2) is 0 Å². The van der Waals surface area contributed by atoms with Crippen LogP contribution in [-0.4, -0.2) is 0 Å². The zero-order valence-corrected chi connectivity index (χ0v) is 41.0. The van der Waals surface area contributed by atoms with Crippen molar-refractivity contribution >= 4 is 44.3 Å². The van der Waals surface area contributed by atoms with E-state index < -0.39 is 0 Å². The van der Waals surface area contributed by atoms with Crippen LogP contribution in [0.5, 0.6) is 11.5 Å². The van der Waals surface area contributed by atoms with Gasteiger partial charge in [0.05, 0.1) is 22.7 Å². The molecule has 354 valence electrons. The van der Waals surface area contributed by atoms with Gasteiger partial charge >= 0.3 is 0 Å². The second-order valence-corrected chi connectivity index (χ2v) is 19.8. The average Bonchev–Trinajstić information content (AvgIpc) is 3.42. The number of ether oxygens (including phenoxy) is 2. The van der Waals surface area contributed by atoms with E-state index in [2.05, 4.69) is 135 Å². The summed E-state index contributed by atoms with van der Waals surface area (Å²) in [5.74, 6) is 4.82. The van der Waals surface area contributed by atoms with Crippen LogP contribution < -0.4 is 9.47 Å². The van der Waals surface area contributed by atoms with Crippen LogP contribution in [0.4, 0.5) is 22.7 Å². The molecule has 2 saturated carbocycles. The lowest BCUT2D eigenvalue weighted by molar-refractivity contribution is 0.304. The topological polar surface area (TPSA) is 67.9 Å². The third-order valence-electron chi connectivity index (χ3n) is 15.1. The van der Waals surface area contributed by atoms with Gasteiger partial charge in [0.25, 0.3) is 0 Å². The van der Waals surface area contributed by atoms with Crippen LogP contribution in [0.3, 0.4) is 0 Å². The fourth-order valence-corrected chi connectivity index (χ4v) is 11.1. The molecule has 2 aliphatic rings. The monoisotopic (exact) mass is 923 g/mol. The summed E-state index contributed by atoms with van der Waals surface area (Å²) in [6, 6.07) is 59.1. The highest BCUT2D eigenvalue weighted by Gasteiger charge is 2.23. The highest BCUT2D eigenvalue weighted by Crippen LogP contribution is 2.47. The van der Waals surface area contributed by atoms with Gasteiger partial charge in [-0.2, -0.15) is 10.2 Å². The lowest BCUT2D eigenvalue weighted by Crippen LogP contribution is -2.13. The van der Waals surface area contributed by atoms with Crippen LogP contribution in [0.2, 0.25) is 0 Å². The first-order valence-electron chi connectivity index (χ1n) is 26.1. The van der Waals surface area contributed by atoms with Gasteiger partial charge in [0.1, 0.15) is 24.7 Å². The zero-order valence-electron chi connectivity index (χ0n) is 41.0. The molecule has 0 atom stereocenters. The van der Waals surface area contributed by atoms with Gasteiger partial charge in [0.15, 0.2) is 0 Å². The first-order valence-corrected chi connectivity index (χ1v) is 26.1. The van der Waals surface area contributed by atoms with E-state index in [1.807, 2.05) is 48.5 Å². The van der Waals surface area contributed by atoms with Crippen LogP contribution >= 0.6 is 0 Å². The molecule has 0 unspecified atom stereocenters. The molecule has 0 aliphatic heterocycles. The van der Waals surface area contributed by atoms with Crippen LogP contribution in [0.15, 0.2) is 190 Å². The van der Waals surface area contributed by atoms with Gasteiger partial charge in [-0.15, -0.1) is 10.2 Å². The molecular weight excluding hydrogens is 857 g/mol. The number of nitrogens with zero attached hydrogens (tertiary/aromatic N) is 4.